The van der Waals surface area contributed by atoms with Crippen LogP contribution in [0.15, 0.2) is 45.7 Å². The van der Waals surface area contributed by atoms with Crippen molar-refractivity contribution < 1.29 is 22.7 Å². The molecule has 3 rings (SSSR count). The zero-order valence-electron chi connectivity index (χ0n) is 13.5. The Bertz CT molecular complexity index is 856. The molecule has 2 atom stereocenters. The molecule has 1 aromatic carbocycles. The molecule has 1 saturated heterocycles. The number of hydrogen-bond acceptors (Lipinski definition) is 4. The molecular formula is C17H19NO5S. The van der Waals surface area contributed by atoms with E-state index >= 15 is 0 Å². The lowest BCUT2D eigenvalue weighted by Gasteiger charge is -2.16. The predicted octanol–water partition coefficient (Wildman–Crippen LogP) is 2.39. The van der Waals surface area contributed by atoms with Gasteiger partial charge in [0, 0.05) is 19.0 Å². The summed E-state index contributed by atoms with van der Waals surface area (Å²) in [6, 6.07) is 10.7. The summed E-state index contributed by atoms with van der Waals surface area (Å²) in [6.07, 6.45) is 0. The molecule has 0 aliphatic carbocycles. The second kappa shape index (κ2) is 6.07. The molecule has 0 saturated carbocycles. The van der Waals surface area contributed by atoms with Crippen LogP contribution < -0.4 is 0 Å². The van der Waals surface area contributed by atoms with Gasteiger partial charge in [-0.3, -0.25) is 4.79 Å². The minimum Gasteiger partial charge on any atom is -0.481 e. The van der Waals surface area contributed by atoms with E-state index < -0.39 is 21.9 Å². The molecule has 0 unspecified atom stereocenters. The van der Waals surface area contributed by atoms with Gasteiger partial charge in [-0.1, -0.05) is 30.3 Å². The number of furan rings is 1. The molecule has 7 heteroatoms. The fourth-order valence-electron chi connectivity index (χ4n) is 3.25. The first-order chi connectivity index (χ1) is 11.3. The van der Waals surface area contributed by atoms with E-state index in [1.54, 1.807) is 13.8 Å². The van der Waals surface area contributed by atoms with Gasteiger partial charge in [-0.2, -0.15) is 4.31 Å². The molecule has 1 N–H and O–H groups in total. The van der Waals surface area contributed by atoms with Crippen molar-refractivity contribution in [1.82, 2.24) is 4.31 Å². The summed E-state index contributed by atoms with van der Waals surface area (Å²) in [7, 11) is -3.78. The number of hydrogen-bond donors (Lipinski definition) is 1. The van der Waals surface area contributed by atoms with E-state index in [4.69, 9.17) is 4.42 Å². The molecule has 2 heterocycles. The number of carbonyl (C=O) groups is 1. The standard InChI is InChI=1S/C17H19NO5S/c1-11-8-16(12(2)23-11)24(21,22)18-9-14(15(10-18)17(19)20)13-6-4-3-5-7-13/h3-8,14-15H,9-10H2,1-2H3,(H,19,20)/t14-,15+/m1/s1. The Morgan fingerprint density at radius 1 is 1.21 bits per heavy atom. The van der Waals surface area contributed by atoms with Gasteiger partial charge in [-0.15, -0.1) is 0 Å². The Morgan fingerprint density at radius 2 is 1.88 bits per heavy atom. The predicted molar refractivity (Wildman–Crippen MR) is 87.2 cm³/mol. The van der Waals surface area contributed by atoms with Crippen LogP contribution in [0.1, 0.15) is 23.0 Å². The first-order valence-corrected chi connectivity index (χ1v) is 9.09. The van der Waals surface area contributed by atoms with Crippen LogP contribution in [0.4, 0.5) is 0 Å². The van der Waals surface area contributed by atoms with E-state index in [-0.39, 0.29) is 23.9 Å². The number of aryl methyl sites for hydroxylation is 2. The van der Waals surface area contributed by atoms with Gasteiger partial charge >= 0.3 is 5.97 Å². The molecular weight excluding hydrogens is 330 g/mol. The molecule has 1 aliphatic heterocycles. The topological polar surface area (TPSA) is 87.8 Å². The highest BCUT2D eigenvalue weighted by Crippen LogP contribution is 2.36. The fraction of sp³-hybridized carbons (Fsp3) is 0.353. The van der Waals surface area contributed by atoms with Crippen molar-refractivity contribution in [1.29, 1.82) is 0 Å². The van der Waals surface area contributed by atoms with E-state index in [9.17, 15) is 18.3 Å². The summed E-state index contributed by atoms with van der Waals surface area (Å²) in [5, 5.41) is 9.52. The quantitative estimate of drug-likeness (QED) is 0.916. The van der Waals surface area contributed by atoms with Gasteiger partial charge in [-0.05, 0) is 25.5 Å². The largest absolute Gasteiger partial charge is 0.481 e. The van der Waals surface area contributed by atoms with E-state index in [2.05, 4.69) is 0 Å². The zero-order valence-corrected chi connectivity index (χ0v) is 14.3. The lowest BCUT2D eigenvalue weighted by molar-refractivity contribution is -0.141. The normalized spacial score (nSPS) is 21.9. The highest BCUT2D eigenvalue weighted by atomic mass is 32.2. The van der Waals surface area contributed by atoms with E-state index in [1.807, 2.05) is 30.3 Å². The lowest BCUT2D eigenvalue weighted by Crippen LogP contribution is -2.30. The van der Waals surface area contributed by atoms with Gasteiger partial charge in [0.15, 0.2) is 0 Å². The first kappa shape index (κ1) is 16.7. The van der Waals surface area contributed by atoms with Crippen LogP contribution in [0.3, 0.4) is 0 Å². The van der Waals surface area contributed by atoms with Crippen LogP contribution >= 0.6 is 0 Å². The van der Waals surface area contributed by atoms with Crippen molar-refractivity contribution in [2.75, 3.05) is 13.1 Å². The SMILES string of the molecule is Cc1cc(S(=O)(=O)N2C[C@H](C(=O)O)[C@@H](c3ccccc3)C2)c(C)o1. The highest BCUT2D eigenvalue weighted by molar-refractivity contribution is 7.89. The molecule has 0 amide bonds. The van der Waals surface area contributed by atoms with Crippen molar-refractivity contribution in [2.24, 2.45) is 5.92 Å². The van der Waals surface area contributed by atoms with E-state index in [0.29, 0.717) is 11.5 Å². The van der Waals surface area contributed by atoms with Crippen molar-refractivity contribution in [3.05, 3.63) is 53.5 Å². The molecule has 6 nitrogen and oxygen atoms in total. The van der Waals surface area contributed by atoms with E-state index in [1.165, 1.54) is 10.4 Å². The summed E-state index contributed by atoms with van der Waals surface area (Å²) >= 11 is 0. The summed E-state index contributed by atoms with van der Waals surface area (Å²) < 4.78 is 32.3. The molecule has 1 aliphatic rings. The number of rotatable bonds is 4. The van der Waals surface area contributed by atoms with Crippen molar-refractivity contribution in [2.45, 2.75) is 24.7 Å². The second-order valence-corrected chi connectivity index (χ2v) is 7.97. The highest BCUT2D eigenvalue weighted by Gasteiger charge is 2.44. The maximum absolute atomic E-state index is 12.9. The first-order valence-electron chi connectivity index (χ1n) is 7.65. The Labute approximate surface area is 140 Å². The average Bonchev–Trinajstić information content (AvgIpc) is 3.12. The molecule has 128 valence electrons. The minimum absolute atomic E-state index is 0.0408. The number of benzene rings is 1. The average molecular weight is 349 g/mol. The van der Waals surface area contributed by atoms with Gasteiger partial charge in [0.05, 0.1) is 5.92 Å². The monoisotopic (exact) mass is 349 g/mol. The summed E-state index contributed by atoms with van der Waals surface area (Å²) in [4.78, 5) is 11.7. The summed E-state index contributed by atoms with van der Waals surface area (Å²) in [5.74, 6) is -1.29. The summed E-state index contributed by atoms with van der Waals surface area (Å²) in [6.45, 7) is 3.38. The van der Waals surface area contributed by atoms with Crippen LogP contribution in [0.25, 0.3) is 0 Å². The molecule has 0 radical (unpaired) electrons. The van der Waals surface area contributed by atoms with Crippen LogP contribution in [-0.2, 0) is 14.8 Å². The van der Waals surface area contributed by atoms with Crippen molar-refractivity contribution in [3.8, 4) is 0 Å². The number of aliphatic carboxylic acids is 1. The number of carboxylic acids is 1. The fourth-order valence-corrected chi connectivity index (χ4v) is 4.97. The Balaban J connectivity index is 1.96. The Hall–Kier alpha value is -2.12. The molecule has 0 spiro atoms. The van der Waals surface area contributed by atoms with Gasteiger partial charge in [0.2, 0.25) is 10.0 Å². The zero-order chi connectivity index (χ0) is 17.5. The van der Waals surface area contributed by atoms with Crippen LogP contribution in [0, 0.1) is 19.8 Å². The summed E-state index contributed by atoms with van der Waals surface area (Å²) in [5.41, 5.74) is 0.836. The third kappa shape index (κ3) is 2.85. The van der Waals surface area contributed by atoms with Gasteiger partial charge in [0.25, 0.3) is 0 Å². The van der Waals surface area contributed by atoms with Crippen molar-refractivity contribution in [3.63, 3.8) is 0 Å². The maximum Gasteiger partial charge on any atom is 0.308 e. The smallest absolute Gasteiger partial charge is 0.308 e. The maximum atomic E-state index is 12.9. The van der Waals surface area contributed by atoms with E-state index in [0.717, 1.165) is 5.56 Å². The Morgan fingerprint density at radius 3 is 2.42 bits per heavy atom. The molecule has 24 heavy (non-hydrogen) atoms. The minimum atomic E-state index is -3.78. The second-order valence-electron chi connectivity index (χ2n) is 6.06. The molecule has 1 aromatic heterocycles. The third-order valence-electron chi connectivity index (χ3n) is 4.44. The van der Waals surface area contributed by atoms with Crippen LogP contribution in [0.5, 0.6) is 0 Å². The van der Waals surface area contributed by atoms with Gasteiger partial charge < -0.3 is 9.52 Å². The van der Waals surface area contributed by atoms with Gasteiger partial charge in [0.1, 0.15) is 16.4 Å². The third-order valence-corrected chi connectivity index (χ3v) is 6.38. The molecule has 0 bridgehead atoms. The van der Waals surface area contributed by atoms with Crippen LogP contribution in [-0.4, -0.2) is 36.9 Å². The number of sulfonamides is 1. The Kier molecular flexibility index (Phi) is 4.23. The number of nitrogens with zero attached hydrogens (tertiary/aromatic N) is 1. The van der Waals surface area contributed by atoms with Gasteiger partial charge in [-0.25, -0.2) is 8.42 Å². The molecule has 2 aromatic rings. The van der Waals surface area contributed by atoms with Crippen molar-refractivity contribution >= 4 is 16.0 Å². The lowest BCUT2D eigenvalue weighted by atomic mass is 9.89. The molecule has 1 fully saturated rings. The van der Waals surface area contributed by atoms with Crippen LogP contribution in [0.2, 0.25) is 0 Å². The number of carboxylic acid groups (broad SMARTS) is 1.